The summed E-state index contributed by atoms with van der Waals surface area (Å²) in [5.74, 6) is 2.19. The second-order valence-corrected chi connectivity index (χ2v) is 11.4. The highest BCUT2D eigenvalue weighted by Gasteiger charge is 2.42. The van der Waals surface area contributed by atoms with Gasteiger partial charge < -0.3 is 24.1 Å². The Morgan fingerprint density at radius 1 is 1.05 bits per heavy atom. The molecule has 5 heterocycles. The average Bonchev–Trinajstić information content (AvgIpc) is 3.65. The van der Waals surface area contributed by atoms with Crippen molar-refractivity contribution in [2.75, 3.05) is 22.9 Å². The molecule has 2 aliphatic rings. The van der Waals surface area contributed by atoms with Crippen molar-refractivity contribution in [3.05, 3.63) is 101 Å². The van der Waals surface area contributed by atoms with Crippen LogP contribution in [0.15, 0.2) is 83.7 Å². The summed E-state index contributed by atoms with van der Waals surface area (Å²) in [6.07, 6.45) is 6.88. The van der Waals surface area contributed by atoms with Gasteiger partial charge in [-0.25, -0.2) is 0 Å². The molecule has 8 heteroatoms. The van der Waals surface area contributed by atoms with Gasteiger partial charge in [-0.3, -0.25) is 4.98 Å². The van der Waals surface area contributed by atoms with Gasteiger partial charge in [0.05, 0.1) is 35.3 Å². The van der Waals surface area contributed by atoms with Crippen LogP contribution in [0.25, 0.3) is 0 Å². The number of anilines is 2. The smallest absolute Gasteiger partial charge is 0.174 e. The van der Waals surface area contributed by atoms with Crippen LogP contribution in [-0.4, -0.2) is 27.8 Å². The van der Waals surface area contributed by atoms with Gasteiger partial charge in [-0.05, 0) is 85.1 Å². The molecule has 0 radical (unpaired) electrons. The van der Waals surface area contributed by atoms with E-state index >= 15 is 0 Å². The number of benzene rings is 1. The van der Waals surface area contributed by atoms with E-state index < -0.39 is 0 Å². The maximum absolute atomic E-state index is 6.97. The Bertz CT molecular complexity index is 1400. The van der Waals surface area contributed by atoms with Crippen molar-refractivity contribution in [3.8, 4) is 0 Å². The number of halogens is 1. The molecule has 1 aromatic carbocycles. The molecule has 2 fully saturated rings. The lowest BCUT2D eigenvalue weighted by Crippen LogP contribution is -2.38. The van der Waals surface area contributed by atoms with Crippen molar-refractivity contribution >= 4 is 40.3 Å². The van der Waals surface area contributed by atoms with E-state index in [1.54, 1.807) is 6.26 Å². The summed E-state index contributed by atoms with van der Waals surface area (Å²) < 4.78 is 7.88. The number of aromatic nitrogens is 2. The summed E-state index contributed by atoms with van der Waals surface area (Å²) >= 11 is 12.9. The Hall–Kier alpha value is -3.29. The van der Waals surface area contributed by atoms with Crippen LogP contribution in [0.5, 0.6) is 0 Å². The van der Waals surface area contributed by atoms with Crippen molar-refractivity contribution in [2.45, 2.75) is 38.9 Å². The predicted octanol–water partition coefficient (Wildman–Crippen LogP) is 6.84. The Morgan fingerprint density at radius 2 is 1.89 bits per heavy atom. The lowest BCUT2D eigenvalue weighted by Gasteiger charge is -2.37. The molecule has 4 aromatic rings. The quantitative estimate of drug-likeness (QED) is 0.268. The van der Waals surface area contributed by atoms with E-state index in [-0.39, 0.29) is 12.1 Å². The van der Waals surface area contributed by atoms with Gasteiger partial charge in [0, 0.05) is 36.9 Å². The third-order valence-electron chi connectivity index (χ3n) is 7.59. The van der Waals surface area contributed by atoms with E-state index in [1.165, 1.54) is 6.42 Å². The van der Waals surface area contributed by atoms with E-state index in [0.717, 1.165) is 46.6 Å². The van der Waals surface area contributed by atoms with Gasteiger partial charge >= 0.3 is 0 Å². The maximum Gasteiger partial charge on any atom is 0.174 e. The lowest BCUT2D eigenvalue weighted by molar-refractivity contribution is 0.357. The maximum atomic E-state index is 6.97. The number of nitrogens with zero attached hydrogens (tertiary/aromatic N) is 4. The molecule has 38 heavy (non-hydrogen) atoms. The van der Waals surface area contributed by atoms with Crippen molar-refractivity contribution in [1.29, 1.82) is 0 Å². The third-order valence-corrected chi connectivity index (χ3v) is 8.21. The first-order valence-corrected chi connectivity index (χ1v) is 14.0. The molecular weight excluding hydrogens is 514 g/mol. The molecule has 0 saturated carbocycles. The fourth-order valence-electron chi connectivity index (χ4n) is 6.11. The second-order valence-electron chi connectivity index (χ2n) is 10.6. The summed E-state index contributed by atoms with van der Waals surface area (Å²) in [5, 5.41) is 4.96. The van der Waals surface area contributed by atoms with Crippen molar-refractivity contribution < 1.29 is 4.42 Å². The van der Waals surface area contributed by atoms with Gasteiger partial charge in [0.25, 0.3) is 0 Å². The molecule has 0 unspecified atom stereocenters. The molecule has 0 amide bonds. The highest BCUT2D eigenvalue weighted by molar-refractivity contribution is 7.80. The molecule has 2 saturated heterocycles. The zero-order valence-electron chi connectivity index (χ0n) is 21.6. The van der Waals surface area contributed by atoms with Gasteiger partial charge in [-0.15, -0.1) is 0 Å². The number of hydrogen-bond acceptors (Lipinski definition) is 4. The van der Waals surface area contributed by atoms with Gasteiger partial charge in [0.2, 0.25) is 0 Å². The highest BCUT2D eigenvalue weighted by atomic mass is 35.5. The minimum absolute atomic E-state index is 0.126. The fourth-order valence-corrected chi connectivity index (χ4v) is 6.75. The molecule has 196 valence electrons. The van der Waals surface area contributed by atoms with Crippen molar-refractivity contribution in [3.63, 3.8) is 0 Å². The van der Waals surface area contributed by atoms with E-state index in [4.69, 9.17) is 28.2 Å². The lowest BCUT2D eigenvalue weighted by atomic mass is 9.91. The van der Waals surface area contributed by atoms with Crippen molar-refractivity contribution in [1.82, 2.24) is 14.9 Å². The Labute approximate surface area is 234 Å². The number of rotatable bonds is 6. The first kappa shape index (κ1) is 25.0. The van der Waals surface area contributed by atoms with Gasteiger partial charge in [-0.2, -0.15) is 0 Å². The van der Waals surface area contributed by atoms with E-state index in [9.17, 15) is 0 Å². The van der Waals surface area contributed by atoms with E-state index in [2.05, 4.69) is 75.0 Å². The van der Waals surface area contributed by atoms with Crippen LogP contribution in [0.2, 0.25) is 5.02 Å². The molecular formula is C30H32ClN5OS. The fraction of sp³-hybridized carbons (Fsp3) is 0.333. The number of nitrogens with one attached hydrogen (secondary N) is 1. The third kappa shape index (κ3) is 4.81. The molecule has 4 atom stereocenters. The summed E-state index contributed by atoms with van der Waals surface area (Å²) in [4.78, 5) is 9.29. The molecule has 1 N–H and O–H groups in total. The Balaban J connectivity index is 1.39. The molecule has 6 nitrogen and oxygen atoms in total. The van der Waals surface area contributed by atoms with Gasteiger partial charge in [0.1, 0.15) is 11.8 Å². The molecule has 0 aliphatic carbocycles. The number of hydrogen-bond donors (Lipinski definition) is 1. The molecule has 0 spiro atoms. The van der Waals surface area contributed by atoms with E-state index in [1.807, 2.05) is 36.5 Å². The van der Waals surface area contributed by atoms with E-state index in [0.29, 0.717) is 23.5 Å². The number of piperidine rings is 1. The highest BCUT2D eigenvalue weighted by Crippen LogP contribution is 2.43. The molecule has 6 rings (SSSR count). The Morgan fingerprint density at radius 3 is 2.61 bits per heavy atom. The zero-order valence-corrected chi connectivity index (χ0v) is 23.2. The molecule has 3 aromatic heterocycles. The SMILES string of the molecule is C[C@@H]1C[C@H](C)CN(c2ccc(N3C(=S)N[C@H](c4ccccn4)[C@@H]3c3cccn3Cc3ccco3)cc2Cl)C1. The van der Waals surface area contributed by atoms with Crippen LogP contribution in [0, 0.1) is 11.8 Å². The molecule has 0 bridgehead atoms. The summed E-state index contributed by atoms with van der Waals surface area (Å²) in [6, 6.07) is 20.2. The second kappa shape index (κ2) is 10.5. The summed E-state index contributed by atoms with van der Waals surface area (Å²) in [7, 11) is 0. The van der Waals surface area contributed by atoms with Gasteiger partial charge in [-0.1, -0.05) is 31.5 Å². The summed E-state index contributed by atoms with van der Waals surface area (Å²) in [6.45, 7) is 7.32. The van der Waals surface area contributed by atoms with Crippen LogP contribution in [0.1, 0.15) is 49.5 Å². The largest absolute Gasteiger partial charge is 0.467 e. The average molecular weight is 546 g/mol. The van der Waals surface area contributed by atoms with Gasteiger partial charge in [0.15, 0.2) is 5.11 Å². The monoisotopic (exact) mass is 545 g/mol. The van der Waals surface area contributed by atoms with Crippen LogP contribution >= 0.6 is 23.8 Å². The summed E-state index contributed by atoms with van der Waals surface area (Å²) in [5.41, 5.74) is 4.10. The van der Waals surface area contributed by atoms with Crippen LogP contribution < -0.4 is 15.1 Å². The normalized spacial score (nSPS) is 23.6. The molecule has 2 aliphatic heterocycles. The van der Waals surface area contributed by atoms with Crippen LogP contribution in [0.4, 0.5) is 11.4 Å². The van der Waals surface area contributed by atoms with Crippen LogP contribution in [0.3, 0.4) is 0 Å². The topological polar surface area (TPSA) is 49.5 Å². The Kier molecular flexibility index (Phi) is 6.89. The van der Waals surface area contributed by atoms with Crippen LogP contribution in [-0.2, 0) is 6.54 Å². The minimum Gasteiger partial charge on any atom is -0.467 e. The standard InChI is InChI=1S/C30H32ClN5OS/c1-20-15-21(2)18-35(17-20)26-11-10-22(16-24(26)31)36-29(28(33-30(36)38)25-8-3-4-12-32-25)27-9-5-13-34(27)19-23-7-6-14-37-23/h3-14,16,20-21,28-29H,15,17-19H2,1-2H3,(H,33,38)/t20-,21+,28-,29+/m1/s1. The van der Waals surface area contributed by atoms with Crippen molar-refractivity contribution in [2.24, 2.45) is 11.8 Å². The number of thiocarbonyl (C=S) groups is 1. The predicted molar refractivity (Wildman–Crippen MR) is 157 cm³/mol. The zero-order chi connectivity index (χ0) is 26.2. The first-order chi connectivity index (χ1) is 18.5. The number of pyridine rings is 1. The minimum atomic E-state index is -0.129. The first-order valence-electron chi connectivity index (χ1n) is 13.2. The number of furan rings is 1.